The molecule has 0 aromatic heterocycles. The van der Waals surface area contributed by atoms with Crippen LogP contribution in [0, 0.1) is 28.6 Å². The summed E-state index contributed by atoms with van der Waals surface area (Å²) < 4.78 is 0. The third kappa shape index (κ3) is 1.87. The van der Waals surface area contributed by atoms with Crippen LogP contribution in [0.2, 0.25) is 0 Å². The molecule has 0 radical (unpaired) electrons. The number of hydrogen-bond acceptors (Lipinski definition) is 1. The monoisotopic (exact) mass is 300 g/mol. The first-order valence-corrected chi connectivity index (χ1v) is 9.56. The Kier molecular flexibility index (Phi) is 3.39. The first-order valence-electron chi connectivity index (χ1n) is 9.56. The van der Waals surface area contributed by atoms with Crippen molar-refractivity contribution in [1.82, 2.24) is 0 Å². The number of aliphatic hydroxyl groups excluding tert-OH is 1. The molecule has 0 spiro atoms. The van der Waals surface area contributed by atoms with Gasteiger partial charge in [-0.15, -0.1) is 0 Å². The predicted molar refractivity (Wildman–Crippen MR) is 91.5 cm³/mol. The number of aliphatic hydroxyl groups is 1. The van der Waals surface area contributed by atoms with Crippen molar-refractivity contribution in [3.05, 3.63) is 23.3 Å². The van der Waals surface area contributed by atoms with Crippen LogP contribution >= 0.6 is 0 Å². The Bertz CT molecular complexity index is 530. The van der Waals surface area contributed by atoms with E-state index in [0.717, 1.165) is 30.6 Å². The summed E-state index contributed by atoms with van der Waals surface area (Å²) in [6.45, 7) is 7.42. The molecule has 0 aromatic carbocycles. The van der Waals surface area contributed by atoms with Crippen molar-refractivity contribution in [2.24, 2.45) is 28.6 Å². The van der Waals surface area contributed by atoms with Crippen LogP contribution in [0.5, 0.6) is 0 Å². The van der Waals surface area contributed by atoms with Gasteiger partial charge in [0.25, 0.3) is 0 Å². The molecule has 0 saturated heterocycles. The molecule has 0 aliphatic heterocycles. The molecule has 0 heterocycles. The van der Waals surface area contributed by atoms with Crippen LogP contribution in [0.25, 0.3) is 0 Å². The van der Waals surface area contributed by atoms with E-state index in [1.54, 1.807) is 11.1 Å². The molecule has 122 valence electrons. The van der Waals surface area contributed by atoms with Crippen LogP contribution in [-0.2, 0) is 0 Å². The van der Waals surface area contributed by atoms with Crippen molar-refractivity contribution >= 4 is 0 Å². The molecule has 0 bridgehead atoms. The lowest BCUT2D eigenvalue weighted by atomic mass is 9.47. The van der Waals surface area contributed by atoms with E-state index in [2.05, 4.69) is 32.9 Å². The maximum atomic E-state index is 10.1. The summed E-state index contributed by atoms with van der Waals surface area (Å²) in [5.41, 5.74) is 4.22. The van der Waals surface area contributed by atoms with Crippen LogP contribution in [0.1, 0.15) is 72.1 Å². The molecule has 4 aliphatic rings. The molecular weight excluding hydrogens is 268 g/mol. The summed E-state index contributed by atoms with van der Waals surface area (Å²) in [6, 6.07) is 0. The fourth-order valence-electron chi connectivity index (χ4n) is 6.85. The maximum absolute atomic E-state index is 10.1. The van der Waals surface area contributed by atoms with Crippen molar-refractivity contribution in [3.63, 3.8) is 0 Å². The number of fused-ring (bicyclic) bond motifs is 5. The Morgan fingerprint density at radius 2 is 1.82 bits per heavy atom. The molecule has 1 nitrogen and oxygen atoms in total. The minimum Gasteiger partial charge on any atom is -0.393 e. The Morgan fingerprint density at radius 1 is 1.05 bits per heavy atom. The SMILES string of the molecule is CCC1=CCC2C3CC=C4C[C@@H](O)CC[C@]4(C)C3CC[C@]12C. The highest BCUT2D eigenvalue weighted by Crippen LogP contribution is 2.65. The van der Waals surface area contributed by atoms with Crippen molar-refractivity contribution < 1.29 is 5.11 Å². The Balaban J connectivity index is 1.66. The zero-order chi connectivity index (χ0) is 15.5. The van der Waals surface area contributed by atoms with Gasteiger partial charge in [-0.1, -0.05) is 44.1 Å². The van der Waals surface area contributed by atoms with Crippen LogP contribution < -0.4 is 0 Å². The summed E-state index contributed by atoms with van der Waals surface area (Å²) in [7, 11) is 0. The molecule has 1 heteroatoms. The molecule has 4 aliphatic carbocycles. The Hall–Kier alpha value is -0.560. The van der Waals surface area contributed by atoms with E-state index in [1.807, 2.05) is 0 Å². The smallest absolute Gasteiger partial charge is 0.0577 e. The van der Waals surface area contributed by atoms with Gasteiger partial charge in [0.2, 0.25) is 0 Å². The van der Waals surface area contributed by atoms with E-state index in [0.29, 0.717) is 10.8 Å². The van der Waals surface area contributed by atoms with Gasteiger partial charge in [-0.2, -0.15) is 0 Å². The van der Waals surface area contributed by atoms with Gasteiger partial charge in [-0.3, -0.25) is 0 Å². The molecule has 2 fully saturated rings. The second-order valence-corrected chi connectivity index (χ2v) is 8.93. The third-order valence-electron chi connectivity index (χ3n) is 8.20. The van der Waals surface area contributed by atoms with Gasteiger partial charge < -0.3 is 5.11 Å². The number of hydrogen-bond donors (Lipinski definition) is 1. The van der Waals surface area contributed by atoms with Gasteiger partial charge in [0, 0.05) is 0 Å². The highest BCUT2D eigenvalue weighted by molar-refractivity contribution is 5.29. The van der Waals surface area contributed by atoms with Gasteiger partial charge in [0.15, 0.2) is 0 Å². The quantitative estimate of drug-likeness (QED) is 0.655. The molecular formula is C21H32O. The lowest BCUT2D eigenvalue weighted by molar-refractivity contribution is -0.0299. The topological polar surface area (TPSA) is 20.2 Å². The summed E-state index contributed by atoms with van der Waals surface area (Å²) in [5, 5.41) is 10.1. The molecule has 0 aromatic rings. The van der Waals surface area contributed by atoms with Crippen LogP contribution in [0.3, 0.4) is 0 Å². The molecule has 0 amide bonds. The minimum absolute atomic E-state index is 0.0791. The third-order valence-corrected chi connectivity index (χ3v) is 8.20. The molecule has 2 saturated carbocycles. The van der Waals surface area contributed by atoms with E-state index < -0.39 is 0 Å². The van der Waals surface area contributed by atoms with Gasteiger partial charge in [0.1, 0.15) is 0 Å². The first-order chi connectivity index (χ1) is 10.5. The molecule has 22 heavy (non-hydrogen) atoms. The fraction of sp³-hybridized carbons (Fsp3) is 0.810. The van der Waals surface area contributed by atoms with E-state index in [1.165, 1.54) is 38.5 Å². The van der Waals surface area contributed by atoms with E-state index in [9.17, 15) is 5.11 Å². The zero-order valence-corrected chi connectivity index (χ0v) is 14.6. The highest BCUT2D eigenvalue weighted by Gasteiger charge is 2.56. The lowest BCUT2D eigenvalue weighted by Crippen LogP contribution is -2.49. The standard InChI is InChI=1S/C21H32O/c1-4-14-6-8-18-17-7-5-15-13-16(22)9-11-21(15,3)19(17)10-12-20(14,18)2/h5-6,16-19,22H,4,7-13H2,1-3H3/t16-,17?,18?,19?,20+,21-/m0/s1. The first kappa shape index (κ1) is 15.0. The number of allylic oxidation sites excluding steroid dienone is 3. The van der Waals surface area contributed by atoms with Gasteiger partial charge in [0.05, 0.1) is 6.10 Å². The lowest BCUT2D eigenvalue weighted by Gasteiger charge is -2.57. The second-order valence-electron chi connectivity index (χ2n) is 8.93. The van der Waals surface area contributed by atoms with E-state index in [-0.39, 0.29) is 6.10 Å². The van der Waals surface area contributed by atoms with Crippen LogP contribution in [-0.4, -0.2) is 11.2 Å². The average molecular weight is 300 g/mol. The van der Waals surface area contributed by atoms with Gasteiger partial charge in [-0.05, 0) is 80.0 Å². The summed E-state index contributed by atoms with van der Waals surface area (Å²) in [4.78, 5) is 0. The Morgan fingerprint density at radius 3 is 2.59 bits per heavy atom. The molecule has 1 N–H and O–H groups in total. The molecule has 4 rings (SSSR count). The maximum Gasteiger partial charge on any atom is 0.0577 e. The highest BCUT2D eigenvalue weighted by atomic mass is 16.3. The Labute approximate surface area is 135 Å². The van der Waals surface area contributed by atoms with Crippen LogP contribution in [0.15, 0.2) is 23.3 Å². The molecule has 6 atom stereocenters. The summed E-state index contributed by atoms with van der Waals surface area (Å²) >= 11 is 0. The van der Waals surface area contributed by atoms with Crippen molar-refractivity contribution in [3.8, 4) is 0 Å². The van der Waals surface area contributed by atoms with Crippen LogP contribution in [0.4, 0.5) is 0 Å². The van der Waals surface area contributed by atoms with Crippen molar-refractivity contribution in [2.75, 3.05) is 0 Å². The largest absolute Gasteiger partial charge is 0.393 e. The normalized spacial score (nSPS) is 50.5. The van der Waals surface area contributed by atoms with Gasteiger partial charge in [-0.25, -0.2) is 0 Å². The minimum atomic E-state index is -0.0791. The molecule has 3 unspecified atom stereocenters. The predicted octanol–water partition coefficient (Wildman–Crippen LogP) is 5.26. The summed E-state index contributed by atoms with van der Waals surface area (Å²) in [6.07, 6.45) is 14.8. The van der Waals surface area contributed by atoms with Crippen molar-refractivity contribution in [2.45, 2.75) is 78.2 Å². The van der Waals surface area contributed by atoms with Gasteiger partial charge >= 0.3 is 0 Å². The number of rotatable bonds is 1. The fourth-order valence-corrected chi connectivity index (χ4v) is 6.85. The van der Waals surface area contributed by atoms with Crippen molar-refractivity contribution in [1.29, 1.82) is 0 Å². The summed E-state index contributed by atoms with van der Waals surface area (Å²) in [5.74, 6) is 2.62. The second kappa shape index (κ2) is 4.97. The zero-order valence-electron chi connectivity index (χ0n) is 14.6. The van der Waals surface area contributed by atoms with E-state index >= 15 is 0 Å². The van der Waals surface area contributed by atoms with E-state index in [4.69, 9.17) is 0 Å². The average Bonchev–Trinajstić information content (AvgIpc) is 2.84.